The molecule has 0 saturated heterocycles. The molecule has 5 heteroatoms. The minimum absolute atomic E-state index is 0.00176. The average molecular weight is 329 g/mol. The van der Waals surface area contributed by atoms with E-state index in [1.807, 2.05) is 20.0 Å². The van der Waals surface area contributed by atoms with Crippen LogP contribution in [-0.4, -0.2) is 28.2 Å². The van der Waals surface area contributed by atoms with Crippen molar-refractivity contribution in [3.05, 3.63) is 29.6 Å². The van der Waals surface area contributed by atoms with Crippen LogP contribution in [0.2, 0.25) is 0 Å². The van der Waals surface area contributed by atoms with Gasteiger partial charge in [-0.05, 0) is 62.6 Å². The number of carbonyl (C=O) groups excluding carboxylic acids is 1. The largest absolute Gasteiger partial charge is 0.446 e. The van der Waals surface area contributed by atoms with Crippen molar-refractivity contribution >= 4 is 17.1 Å². The maximum atomic E-state index is 11.7. The molecule has 0 aliphatic heterocycles. The highest BCUT2D eigenvalue weighted by atomic mass is 16.6. The first-order chi connectivity index (χ1) is 11.4. The van der Waals surface area contributed by atoms with Gasteiger partial charge in [0.1, 0.15) is 11.8 Å². The van der Waals surface area contributed by atoms with Crippen LogP contribution in [0.5, 0.6) is 0 Å². The molecule has 1 aliphatic rings. The second-order valence-corrected chi connectivity index (χ2v) is 7.42. The fraction of sp³-hybridized carbons (Fsp3) is 0.579. The predicted molar refractivity (Wildman–Crippen MR) is 95.3 cm³/mol. The van der Waals surface area contributed by atoms with E-state index in [4.69, 9.17) is 4.74 Å². The second kappa shape index (κ2) is 6.83. The normalized spacial score (nSPS) is 20.9. The molecular weight excluding hydrogens is 302 g/mol. The molecule has 5 nitrogen and oxygen atoms in total. The van der Waals surface area contributed by atoms with Crippen molar-refractivity contribution in [1.82, 2.24) is 15.3 Å². The van der Waals surface area contributed by atoms with Gasteiger partial charge in [0.2, 0.25) is 0 Å². The molecule has 2 heterocycles. The third-order valence-corrected chi connectivity index (χ3v) is 4.67. The van der Waals surface area contributed by atoms with Gasteiger partial charge in [-0.2, -0.15) is 0 Å². The summed E-state index contributed by atoms with van der Waals surface area (Å²) in [6.07, 6.45) is 4.48. The third-order valence-electron chi connectivity index (χ3n) is 4.67. The van der Waals surface area contributed by atoms with Crippen molar-refractivity contribution in [2.45, 2.75) is 70.9 Å². The molecule has 0 aromatic carbocycles. The van der Waals surface area contributed by atoms with E-state index in [0.29, 0.717) is 11.8 Å². The Morgan fingerprint density at radius 2 is 2.08 bits per heavy atom. The summed E-state index contributed by atoms with van der Waals surface area (Å²) in [7, 11) is 0. The number of hydrogen-bond donors (Lipinski definition) is 2. The fourth-order valence-corrected chi connectivity index (χ4v) is 3.36. The molecule has 1 amide bonds. The molecule has 2 aromatic heterocycles. The van der Waals surface area contributed by atoms with Crippen LogP contribution in [0.1, 0.15) is 70.1 Å². The van der Waals surface area contributed by atoms with Crippen molar-refractivity contribution in [2.24, 2.45) is 0 Å². The van der Waals surface area contributed by atoms with E-state index in [0.717, 1.165) is 30.3 Å². The third kappa shape index (κ3) is 3.71. The van der Waals surface area contributed by atoms with E-state index in [1.165, 1.54) is 11.3 Å². The standard InChI is InChI=1S/C19H27N3O2/c1-11(2)17-9-14-7-15(10-20-18(14)22-17)13-5-6-16(8-13)24-19(23)21-12(3)4/h7,9-13,16H,5-6,8H2,1-4H3,(H,20,22)(H,21,23)/t13-,16+/m0/s1. The smallest absolute Gasteiger partial charge is 0.407 e. The summed E-state index contributed by atoms with van der Waals surface area (Å²) in [6.45, 7) is 8.21. The molecule has 0 unspecified atom stereocenters. The molecule has 0 spiro atoms. The molecule has 130 valence electrons. The van der Waals surface area contributed by atoms with Gasteiger partial charge in [0, 0.05) is 23.3 Å². The van der Waals surface area contributed by atoms with Gasteiger partial charge in [-0.15, -0.1) is 0 Å². The molecule has 1 saturated carbocycles. The Bertz CT molecular complexity index is 720. The molecule has 24 heavy (non-hydrogen) atoms. The SMILES string of the molecule is CC(C)NC(=O)O[C@@H]1CC[C@H](c2cnc3[nH]c(C(C)C)cc3c2)C1. The molecule has 1 fully saturated rings. The van der Waals surface area contributed by atoms with Gasteiger partial charge in [0.15, 0.2) is 0 Å². The number of nitrogens with one attached hydrogen (secondary N) is 2. The zero-order valence-corrected chi connectivity index (χ0v) is 14.9. The van der Waals surface area contributed by atoms with Gasteiger partial charge in [-0.3, -0.25) is 0 Å². The molecule has 1 aliphatic carbocycles. The van der Waals surface area contributed by atoms with Gasteiger partial charge in [0.05, 0.1) is 0 Å². The highest BCUT2D eigenvalue weighted by molar-refractivity contribution is 5.77. The van der Waals surface area contributed by atoms with Crippen molar-refractivity contribution in [3.8, 4) is 0 Å². The van der Waals surface area contributed by atoms with E-state index in [2.05, 4.69) is 41.3 Å². The number of H-pyrrole nitrogens is 1. The Morgan fingerprint density at radius 1 is 1.29 bits per heavy atom. The Labute approximate surface area is 143 Å². The minimum Gasteiger partial charge on any atom is -0.446 e. The van der Waals surface area contributed by atoms with Gasteiger partial charge in [-0.25, -0.2) is 9.78 Å². The van der Waals surface area contributed by atoms with Gasteiger partial charge in [-0.1, -0.05) is 13.8 Å². The highest BCUT2D eigenvalue weighted by Gasteiger charge is 2.29. The van der Waals surface area contributed by atoms with E-state index in [9.17, 15) is 4.79 Å². The fourth-order valence-electron chi connectivity index (χ4n) is 3.36. The summed E-state index contributed by atoms with van der Waals surface area (Å²) in [4.78, 5) is 19.7. The minimum atomic E-state index is -0.309. The Hall–Kier alpha value is -2.04. The van der Waals surface area contributed by atoms with Crippen LogP contribution in [0.15, 0.2) is 18.3 Å². The van der Waals surface area contributed by atoms with Crippen molar-refractivity contribution in [3.63, 3.8) is 0 Å². The quantitative estimate of drug-likeness (QED) is 0.870. The van der Waals surface area contributed by atoms with Crippen molar-refractivity contribution in [1.29, 1.82) is 0 Å². The number of rotatable bonds is 4. The number of aromatic nitrogens is 2. The maximum absolute atomic E-state index is 11.7. The first-order valence-corrected chi connectivity index (χ1v) is 8.88. The second-order valence-electron chi connectivity index (χ2n) is 7.42. The molecule has 2 N–H and O–H groups in total. The lowest BCUT2D eigenvalue weighted by molar-refractivity contribution is 0.0982. The van der Waals surface area contributed by atoms with E-state index >= 15 is 0 Å². The summed E-state index contributed by atoms with van der Waals surface area (Å²) >= 11 is 0. The number of amides is 1. The summed E-state index contributed by atoms with van der Waals surface area (Å²) in [5.74, 6) is 0.877. The van der Waals surface area contributed by atoms with Crippen LogP contribution in [0.3, 0.4) is 0 Å². The lowest BCUT2D eigenvalue weighted by atomic mass is 9.98. The molecule has 0 bridgehead atoms. The van der Waals surface area contributed by atoms with E-state index in [1.54, 1.807) is 0 Å². The van der Waals surface area contributed by atoms with Crippen LogP contribution in [0, 0.1) is 0 Å². The number of ether oxygens (including phenoxy) is 1. The van der Waals surface area contributed by atoms with E-state index in [-0.39, 0.29) is 18.2 Å². The van der Waals surface area contributed by atoms with Crippen LogP contribution in [0.4, 0.5) is 4.79 Å². The van der Waals surface area contributed by atoms with Crippen LogP contribution < -0.4 is 5.32 Å². The number of fused-ring (bicyclic) bond motifs is 1. The van der Waals surface area contributed by atoms with Crippen molar-refractivity contribution < 1.29 is 9.53 Å². The van der Waals surface area contributed by atoms with Crippen LogP contribution >= 0.6 is 0 Å². The number of carbonyl (C=O) groups is 1. The molecule has 2 aromatic rings. The topological polar surface area (TPSA) is 67.0 Å². The Morgan fingerprint density at radius 3 is 2.79 bits per heavy atom. The number of pyridine rings is 1. The van der Waals surface area contributed by atoms with Gasteiger partial charge in [0.25, 0.3) is 0 Å². The highest BCUT2D eigenvalue weighted by Crippen LogP contribution is 2.36. The summed E-state index contributed by atoms with van der Waals surface area (Å²) in [5, 5.41) is 3.95. The van der Waals surface area contributed by atoms with Crippen LogP contribution in [-0.2, 0) is 4.74 Å². The number of nitrogens with zero attached hydrogens (tertiary/aromatic N) is 1. The number of aromatic amines is 1. The molecule has 3 rings (SSSR count). The predicted octanol–water partition coefficient (Wildman–Crippen LogP) is 4.46. The zero-order valence-electron chi connectivity index (χ0n) is 14.9. The van der Waals surface area contributed by atoms with Crippen LogP contribution in [0.25, 0.3) is 11.0 Å². The lowest BCUT2D eigenvalue weighted by Crippen LogP contribution is -2.33. The Balaban J connectivity index is 1.67. The first kappa shape index (κ1) is 16.8. The zero-order chi connectivity index (χ0) is 17.3. The monoisotopic (exact) mass is 329 g/mol. The maximum Gasteiger partial charge on any atom is 0.407 e. The van der Waals surface area contributed by atoms with E-state index < -0.39 is 0 Å². The Kier molecular flexibility index (Phi) is 4.78. The summed E-state index contributed by atoms with van der Waals surface area (Å²) < 4.78 is 5.52. The van der Waals surface area contributed by atoms with Gasteiger partial charge >= 0.3 is 6.09 Å². The first-order valence-electron chi connectivity index (χ1n) is 8.88. The van der Waals surface area contributed by atoms with Gasteiger partial charge < -0.3 is 15.0 Å². The van der Waals surface area contributed by atoms with Crippen molar-refractivity contribution in [2.75, 3.05) is 0 Å². The number of hydrogen-bond acceptors (Lipinski definition) is 3. The molecular formula is C19H27N3O2. The summed E-state index contributed by atoms with van der Waals surface area (Å²) in [5.41, 5.74) is 3.41. The average Bonchev–Trinajstić information content (AvgIpc) is 3.11. The summed E-state index contributed by atoms with van der Waals surface area (Å²) in [6, 6.07) is 4.52. The molecule has 0 radical (unpaired) electrons. The lowest BCUT2D eigenvalue weighted by Gasteiger charge is -2.15. The number of alkyl carbamates (subject to hydrolysis) is 1. The molecule has 2 atom stereocenters.